The monoisotopic (exact) mass is 287 g/mol. The Labute approximate surface area is 123 Å². The molecule has 0 saturated carbocycles. The predicted molar refractivity (Wildman–Crippen MR) is 79.3 cm³/mol. The molecule has 2 aromatic carbocycles. The van der Waals surface area contributed by atoms with Crippen LogP contribution in [0.5, 0.6) is 0 Å². The van der Waals surface area contributed by atoms with E-state index in [1.54, 1.807) is 12.1 Å². The van der Waals surface area contributed by atoms with Gasteiger partial charge in [-0.05, 0) is 29.7 Å². The Morgan fingerprint density at radius 2 is 1.76 bits per heavy atom. The quantitative estimate of drug-likeness (QED) is 0.859. The average Bonchev–Trinajstić information content (AvgIpc) is 2.54. The molecule has 2 aromatic rings. The maximum Gasteiger partial charge on any atom is 0.317 e. The minimum Gasteiger partial charge on any atom is -0.468 e. The van der Waals surface area contributed by atoms with Gasteiger partial charge in [0.05, 0.1) is 7.11 Å². The third-order valence-electron chi connectivity index (χ3n) is 3.67. The summed E-state index contributed by atoms with van der Waals surface area (Å²) in [7, 11) is 1.35. The Morgan fingerprint density at radius 3 is 2.29 bits per heavy atom. The SMILES string of the molecule is COC(=O)C(CN)(Cc1ccc(F)cc1)c1ccccc1. The molecule has 2 rings (SSSR count). The minimum absolute atomic E-state index is 0.112. The van der Waals surface area contributed by atoms with Crippen molar-refractivity contribution in [3.05, 3.63) is 71.5 Å². The van der Waals surface area contributed by atoms with Crippen molar-refractivity contribution in [2.45, 2.75) is 11.8 Å². The third-order valence-corrected chi connectivity index (χ3v) is 3.67. The van der Waals surface area contributed by atoms with E-state index in [0.29, 0.717) is 6.42 Å². The van der Waals surface area contributed by atoms with E-state index in [0.717, 1.165) is 11.1 Å². The van der Waals surface area contributed by atoms with Crippen molar-refractivity contribution >= 4 is 5.97 Å². The van der Waals surface area contributed by atoms with Gasteiger partial charge in [-0.1, -0.05) is 42.5 Å². The highest BCUT2D eigenvalue weighted by atomic mass is 19.1. The summed E-state index contributed by atoms with van der Waals surface area (Å²) in [4.78, 5) is 12.4. The molecule has 0 aliphatic carbocycles. The van der Waals surface area contributed by atoms with Crippen LogP contribution in [0.1, 0.15) is 11.1 Å². The number of hydrogen-bond acceptors (Lipinski definition) is 3. The van der Waals surface area contributed by atoms with Crippen LogP contribution in [0.2, 0.25) is 0 Å². The molecule has 0 heterocycles. The van der Waals surface area contributed by atoms with Crippen LogP contribution in [0.25, 0.3) is 0 Å². The molecule has 1 atom stereocenters. The molecule has 0 radical (unpaired) electrons. The molecule has 0 aromatic heterocycles. The van der Waals surface area contributed by atoms with Crippen molar-refractivity contribution in [2.24, 2.45) is 5.73 Å². The molecule has 0 bridgehead atoms. The molecule has 2 N–H and O–H groups in total. The minimum atomic E-state index is -0.964. The van der Waals surface area contributed by atoms with Gasteiger partial charge < -0.3 is 10.5 Å². The molecule has 0 aliphatic rings. The van der Waals surface area contributed by atoms with Gasteiger partial charge in [0.25, 0.3) is 0 Å². The summed E-state index contributed by atoms with van der Waals surface area (Å²) in [5.74, 6) is -0.699. The molecule has 0 amide bonds. The van der Waals surface area contributed by atoms with Crippen molar-refractivity contribution in [3.8, 4) is 0 Å². The van der Waals surface area contributed by atoms with Crippen LogP contribution < -0.4 is 5.73 Å². The lowest BCUT2D eigenvalue weighted by Gasteiger charge is -2.30. The smallest absolute Gasteiger partial charge is 0.317 e. The molecular weight excluding hydrogens is 269 g/mol. The van der Waals surface area contributed by atoms with Crippen molar-refractivity contribution in [1.82, 2.24) is 0 Å². The zero-order valence-electron chi connectivity index (χ0n) is 11.9. The maximum absolute atomic E-state index is 13.0. The standard InChI is InChI=1S/C17H18FNO2/c1-21-16(20)17(12-19,14-5-3-2-4-6-14)11-13-7-9-15(18)10-8-13/h2-10H,11-12,19H2,1H3. The normalized spacial score (nSPS) is 13.5. The second-order valence-corrected chi connectivity index (χ2v) is 4.95. The van der Waals surface area contributed by atoms with Gasteiger partial charge in [-0.15, -0.1) is 0 Å². The highest BCUT2D eigenvalue weighted by molar-refractivity contribution is 5.84. The summed E-state index contributed by atoms with van der Waals surface area (Å²) in [6.07, 6.45) is 0.362. The number of carbonyl (C=O) groups is 1. The first kappa shape index (κ1) is 15.2. The Morgan fingerprint density at radius 1 is 1.14 bits per heavy atom. The number of hydrogen-bond donors (Lipinski definition) is 1. The average molecular weight is 287 g/mol. The highest BCUT2D eigenvalue weighted by Crippen LogP contribution is 2.29. The molecule has 0 spiro atoms. The van der Waals surface area contributed by atoms with Crippen LogP contribution >= 0.6 is 0 Å². The largest absolute Gasteiger partial charge is 0.468 e. The van der Waals surface area contributed by atoms with E-state index in [4.69, 9.17) is 10.5 Å². The lowest BCUT2D eigenvalue weighted by Crippen LogP contribution is -2.45. The van der Waals surface area contributed by atoms with Crippen LogP contribution in [-0.4, -0.2) is 19.6 Å². The van der Waals surface area contributed by atoms with Crippen molar-refractivity contribution in [2.75, 3.05) is 13.7 Å². The second-order valence-electron chi connectivity index (χ2n) is 4.95. The number of esters is 1. The van der Waals surface area contributed by atoms with E-state index in [1.807, 2.05) is 30.3 Å². The van der Waals surface area contributed by atoms with E-state index in [-0.39, 0.29) is 18.3 Å². The summed E-state index contributed by atoms with van der Waals surface area (Å²) in [5, 5.41) is 0. The molecule has 0 fully saturated rings. The van der Waals surface area contributed by atoms with Gasteiger partial charge in [0.1, 0.15) is 11.2 Å². The van der Waals surface area contributed by atoms with E-state index >= 15 is 0 Å². The first-order valence-corrected chi connectivity index (χ1v) is 6.71. The van der Waals surface area contributed by atoms with Crippen LogP contribution in [0.4, 0.5) is 4.39 Å². The van der Waals surface area contributed by atoms with Crippen molar-refractivity contribution < 1.29 is 13.9 Å². The van der Waals surface area contributed by atoms with Gasteiger partial charge in [-0.2, -0.15) is 0 Å². The topological polar surface area (TPSA) is 52.3 Å². The molecule has 110 valence electrons. The second kappa shape index (κ2) is 6.50. The van der Waals surface area contributed by atoms with Crippen molar-refractivity contribution in [3.63, 3.8) is 0 Å². The highest BCUT2D eigenvalue weighted by Gasteiger charge is 2.40. The zero-order valence-corrected chi connectivity index (χ0v) is 11.9. The van der Waals surface area contributed by atoms with Gasteiger partial charge in [0.15, 0.2) is 0 Å². The summed E-state index contributed by atoms with van der Waals surface area (Å²) >= 11 is 0. The fourth-order valence-corrected chi connectivity index (χ4v) is 2.47. The fourth-order valence-electron chi connectivity index (χ4n) is 2.47. The Hall–Kier alpha value is -2.20. The zero-order chi connectivity index (χ0) is 15.3. The van der Waals surface area contributed by atoms with Gasteiger partial charge in [0.2, 0.25) is 0 Å². The van der Waals surface area contributed by atoms with Gasteiger partial charge in [-0.25, -0.2) is 4.39 Å². The molecule has 0 saturated heterocycles. The lowest BCUT2D eigenvalue weighted by atomic mass is 9.75. The fraction of sp³-hybridized carbons (Fsp3) is 0.235. The molecule has 3 nitrogen and oxygen atoms in total. The first-order chi connectivity index (χ1) is 10.1. The third kappa shape index (κ3) is 3.11. The number of halogens is 1. The van der Waals surface area contributed by atoms with Crippen LogP contribution in [0, 0.1) is 5.82 Å². The first-order valence-electron chi connectivity index (χ1n) is 6.71. The van der Waals surface area contributed by atoms with E-state index in [9.17, 15) is 9.18 Å². The lowest BCUT2D eigenvalue weighted by molar-refractivity contribution is -0.147. The van der Waals surface area contributed by atoms with Gasteiger partial charge in [-0.3, -0.25) is 4.79 Å². The Balaban J connectivity index is 2.45. The summed E-state index contributed by atoms with van der Waals surface area (Å²) < 4.78 is 18.0. The predicted octanol–water partition coefficient (Wildman–Crippen LogP) is 2.44. The number of ether oxygens (including phenoxy) is 1. The van der Waals surface area contributed by atoms with Gasteiger partial charge >= 0.3 is 5.97 Å². The number of nitrogens with two attached hydrogens (primary N) is 1. The number of methoxy groups -OCH3 is 1. The van der Waals surface area contributed by atoms with E-state index in [1.165, 1.54) is 19.2 Å². The van der Waals surface area contributed by atoms with Crippen LogP contribution in [-0.2, 0) is 21.4 Å². The summed E-state index contributed by atoms with van der Waals surface area (Å²) in [6.45, 7) is 0.112. The van der Waals surface area contributed by atoms with Crippen molar-refractivity contribution in [1.29, 1.82) is 0 Å². The summed E-state index contributed by atoms with van der Waals surface area (Å²) in [5.41, 5.74) is 6.58. The number of rotatable bonds is 5. The van der Waals surface area contributed by atoms with E-state index < -0.39 is 5.41 Å². The maximum atomic E-state index is 13.0. The molecule has 1 unspecified atom stereocenters. The number of benzene rings is 2. The summed E-state index contributed by atoms with van der Waals surface area (Å²) in [6, 6.07) is 15.4. The molecule has 0 aliphatic heterocycles. The molecular formula is C17H18FNO2. The Bertz CT molecular complexity index is 598. The van der Waals surface area contributed by atoms with Gasteiger partial charge in [0, 0.05) is 6.54 Å². The van der Waals surface area contributed by atoms with Crippen LogP contribution in [0.15, 0.2) is 54.6 Å². The molecule has 4 heteroatoms. The van der Waals surface area contributed by atoms with E-state index in [2.05, 4.69) is 0 Å². The van der Waals surface area contributed by atoms with Crippen LogP contribution in [0.3, 0.4) is 0 Å². The Kier molecular flexibility index (Phi) is 4.70. The molecule has 21 heavy (non-hydrogen) atoms. The number of carbonyl (C=O) groups excluding carboxylic acids is 1.